The van der Waals surface area contributed by atoms with Crippen LogP contribution in [0.1, 0.15) is 24.5 Å². The molecule has 0 radical (unpaired) electrons. The number of rotatable bonds is 13. The number of allylic oxidation sites excluding steroid dienone is 2. The maximum absolute atomic E-state index is 14.8. The second-order valence-corrected chi connectivity index (χ2v) is 13.0. The van der Waals surface area contributed by atoms with Crippen molar-refractivity contribution >= 4 is 29.6 Å². The van der Waals surface area contributed by atoms with Crippen molar-refractivity contribution in [2.24, 2.45) is 11.8 Å². The second kappa shape index (κ2) is 14.7. The largest absolute Gasteiger partial charge is 0.487 e. The fourth-order valence-electron chi connectivity index (χ4n) is 4.65. The van der Waals surface area contributed by atoms with Gasteiger partial charge in [0, 0.05) is 11.6 Å². The van der Waals surface area contributed by atoms with E-state index in [9.17, 15) is 31.4 Å². The normalized spacial score (nSPS) is 20.1. The molecule has 1 aliphatic heterocycles. The van der Waals surface area contributed by atoms with E-state index < -0.39 is 36.2 Å². The maximum atomic E-state index is 14.8. The summed E-state index contributed by atoms with van der Waals surface area (Å²) in [6.45, 7) is 0.449. The van der Waals surface area contributed by atoms with Gasteiger partial charge in [-0.25, -0.2) is 27.2 Å². The van der Waals surface area contributed by atoms with Crippen LogP contribution in [0, 0.1) is 23.5 Å². The van der Waals surface area contributed by atoms with Crippen LogP contribution in [0.15, 0.2) is 73.3 Å². The predicted octanol–water partition coefficient (Wildman–Crippen LogP) is 7.44. The summed E-state index contributed by atoms with van der Waals surface area (Å²) in [5.41, 5.74) is -0.813. The first-order valence-electron chi connectivity index (χ1n) is 13.4. The molecule has 4 rings (SSSR count). The summed E-state index contributed by atoms with van der Waals surface area (Å²) in [5.74, 6) is -4.07. The Morgan fingerprint density at radius 2 is 1.81 bits per heavy atom. The van der Waals surface area contributed by atoms with Crippen LogP contribution < -0.4 is 4.74 Å². The molecule has 13 heteroatoms. The Hall–Kier alpha value is -2.90. The standard InChI is InChI=1S/C30H31F6N3O2S2/c1-20(29(40,16-39-19-37-18-38-39)25-11-8-23(31)13-26(25)32)12-22-14-42-27(43-15-22)5-3-2-4-21-6-9-24(10-7-21)41-17-30(35,36)28(33)34/h2-11,13,18-20,22,27-28,40H,12,14-17H2,1H3. The Kier molecular flexibility index (Phi) is 11.3. The van der Waals surface area contributed by atoms with E-state index >= 15 is 0 Å². The first-order valence-corrected chi connectivity index (χ1v) is 15.5. The van der Waals surface area contributed by atoms with E-state index in [1.54, 1.807) is 35.7 Å². The second-order valence-electron chi connectivity index (χ2n) is 10.3. The van der Waals surface area contributed by atoms with Gasteiger partial charge in [0.05, 0.1) is 11.1 Å². The number of aromatic nitrogens is 3. The van der Waals surface area contributed by atoms with Crippen molar-refractivity contribution in [1.82, 2.24) is 14.8 Å². The van der Waals surface area contributed by atoms with Crippen LogP contribution in [0.5, 0.6) is 5.75 Å². The van der Waals surface area contributed by atoms with Crippen molar-refractivity contribution in [2.45, 2.75) is 42.4 Å². The van der Waals surface area contributed by atoms with E-state index in [1.807, 2.05) is 25.2 Å². The van der Waals surface area contributed by atoms with Crippen molar-refractivity contribution in [1.29, 1.82) is 0 Å². The van der Waals surface area contributed by atoms with Crippen LogP contribution in [0.3, 0.4) is 0 Å². The zero-order valence-electron chi connectivity index (χ0n) is 23.1. The van der Waals surface area contributed by atoms with Crippen molar-refractivity contribution in [2.75, 3.05) is 18.1 Å². The third-order valence-electron chi connectivity index (χ3n) is 7.06. The lowest BCUT2D eigenvalue weighted by molar-refractivity contribution is -0.148. The number of ether oxygens (including phenoxy) is 1. The van der Waals surface area contributed by atoms with Gasteiger partial charge in [-0.05, 0) is 53.5 Å². The summed E-state index contributed by atoms with van der Waals surface area (Å²) in [6.07, 6.45) is 7.26. The van der Waals surface area contributed by atoms with Gasteiger partial charge in [0.2, 0.25) is 0 Å². The van der Waals surface area contributed by atoms with E-state index in [0.29, 0.717) is 6.42 Å². The van der Waals surface area contributed by atoms with Gasteiger partial charge >= 0.3 is 12.3 Å². The lowest BCUT2D eigenvalue weighted by atomic mass is 9.77. The molecule has 1 fully saturated rings. The number of nitrogens with zero attached hydrogens (tertiary/aromatic N) is 3. The van der Waals surface area contributed by atoms with Crippen molar-refractivity contribution in [3.05, 3.63) is 96.1 Å². The average Bonchev–Trinajstić information content (AvgIpc) is 3.48. The first kappa shape index (κ1) is 33.0. The fourth-order valence-corrected chi connectivity index (χ4v) is 7.49. The van der Waals surface area contributed by atoms with Crippen LogP contribution in [-0.2, 0) is 12.1 Å². The number of halogens is 6. The van der Waals surface area contributed by atoms with E-state index in [2.05, 4.69) is 16.2 Å². The van der Waals surface area contributed by atoms with Crippen LogP contribution in [0.2, 0.25) is 0 Å². The molecule has 3 aromatic rings. The quantitative estimate of drug-likeness (QED) is 0.154. The van der Waals surface area contributed by atoms with Gasteiger partial charge in [-0.2, -0.15) is 13.9 Å². The minimum Gasteiger partial charge on any atom is -0.487 e. The molecule has 1 aliphatic rings. The molecule has 1 N–H and O–H groups in total. The molecule has 1 aromatic heterocycles. The van der Waals surface area contributed by atoms with Crippen molar-refractivity contribution in [3.63, 3.8) is 0 Å². The van der Waals surface area contributed by atoms with Gasteiger partial charge in [-0.1, -0.05) is 49.4 Å². The van der Waals surface area contributed by atoms with Crippen LogP contribution in [0.4, 0.5) is 26.3 Å². The molecular formula is C30H31F6N3O2S2. The summed E-state index contributed by atoms with van der Waals surface area (Å²) in [5, 5.41) is 15.8. The molecule has 2 heterocycles. The highest BCUT2D eigenvalue weighted by Crippen LogP contribution is 2.42. The van der Waals surface area contributed by atoms with Crippen molar-refractivity contribution < 1.29 is 36.2 Å². The number of hydrogen-bond acceptors (Lipinski definition) is 6. The lowest BCUT2D eigenvalue weighted by Crippen LogP contribution is -2.41. The molecule has 5 nitrogen and oxygen atoms in total. The number of thioether (sulfide) groups is 2. The Bertz CT molecular complexity index is 1370. The molecule has 0 bridgehead atoms. The molecular weight excluding hydrogens is 612 g/mol. The Morgan fingerprint density at radius 3 is 2.44 bits per heavy atom. The lowest BCUT2D eigenvalue weighted by Gasteiger charge is -2.37. The first-order chi connectivity index (χ1) is 20.5. The monoisotopic (exact) mass is 643 g/mol. The van der Waals surface area contributed by atoms with Crippen LogP contribution >= 0.6 is 23.5 Å². The highest BCUT2D eigenvalue weighted by Gasteiger charge is 2.42. The van der Waals surface area contributed by atoms with Gasteiger partial charge in [0.25, 0.3) is 0 Å². The van der Waals surface area contributed by atoms with Crippen LogP contribution in [0.25, 0.3) is 6.08 Å². The third kappa shape index (κ3) is 9.05. The molecule has 0 aliphatic carbocycles. The molecule has 2 aromatic carbocycles. The molecule has 0 saturated carbocycles. The third-order valence-corrected chi connectivity index (χ3v) is 10.2. The van der Waals surface area contributed by atoms with Gasteiger partial charge < -0.3 is 9.84 Å². The molecule has 232 valence electrons. The molecule has 43 heavy (non-hydrogen) atoms. The van der Waals surface area contributed by atoms with Gasteiger partial charge in [0.15, 0.2) is 6.61 Å². The zero-order chi connectivity index (χ0) is 31.0. The maximum Gasteiger partial charge on any atom is 0.340 e. The van der Waals surface area contributed by atoms with E-state index in [-0.39, 0.29) is 34.3 Å². The number of benzene rings is 2. The Balaban J connectivity index is 1.28. The fraction of sp³-hybridized carbons (Fsp3) is 0.400. The topological polar surface area (TPSA) is 60.2 Å². The summed E-state index contributed by atoms with van der Waals surface area (Å²) in [7, 11) is 0. The summed E-state index contributed by atoms with van der Waals surface area (Å²) in [4.78, 5) is 3.91. The smallest absolute Gasteiger partial charge is 0.340 e. The molecule has 2 unspecified atom stereocenters. The van der Waals surface area contributed by atoms with E-state index in [0.717, 1.165) is 29.2 Å². The average molecular weight is 644 g/mol. The van der Waals surface area contributed by atoms with E-state index in [1.165, 1.54) is 35.5 Å². The number of alkyl halides is 4. The molecule has 2 atom stereocenters. The summed E-state index contributed by atoms with van der Waals surface area (Å²) >= 11 is 3.53. The van der Waals surface area contributed by atoms with Gasteiger partial charge in [-0.3, -0.25) is 0 Å². The molecule has 0 spiro atoms. The number of aliphatic hydroxyl groups is 1. The van der Waals surface area contributed by atoms with Crippen LogP contribution in [-0.4, -0.2) is 54.9 Å². The van der Waals surface area contributed by atoms with E-state index in [4.69, 9.17) is 4.74 Å². The Labute approximate surface area is 254 Å². The summed E-state index contributed by atoms with van der Waals surface area (Å²) < 4.78 is 85.4. The molecule has 0 amide bonds. The zero-order valence-corrected chi connectivity index (χ0v) is 24.8. The minimum absolute atomic E-state index is 0.0220. The van der Waals surface area contributed by atoms with Crippen molar-refractivity contribution in [3.8, 4) is 5.75 Å². The number of hydrogen-bond donors (Lipinski definition) is 1. The van der Waals surface area contributed by atoms with Gasteiger partial charge in [0.1, 0.15) is 35.6 Å². The highest BCUT2D eigenvalue weighted by atomic mass is 32.2. The Morgan fingerprint density at radius 1 is 1.09 bits per heavy atom. The summed E-state index contributed by atoms with van der Waals surface area (Å²) in [6, 6.07) is 9.36. The highest BCUT2D eigenvalue weighted by molar-refractivity contribution is 8.17. The minimum atomic E-state index is -4.21. The van der Waals surface area contributed by atoms with Gasteiger partial charge in [-0.15, -0.1) is 23.5 Å². The molecule has 1 saturated heterocycles. The predicted molar refractivity (Wildman–Crippen MR) is 157 cm³/mol. The SMILES string of the molecule is CC(CC1CSC(C=CC=Cc2ccc(OCC(F)(F)C(F)F)cc2)SC1)C(O)(Cn1cncn1)c1ccc(F)cc1F.